The zero-order valence-corrected chi connectivity index (χ0v) is 13.5. The van der Waals surface area contributed by atoms with Crippen molar-refractivity contribution in [3.05, 3.63) is 64.0 Å². The van der Waals surface area contributed by atoms with Gasteiger partial charge in [-0.05, 0) is 37.1 Å². The number of benzene rings is 2. The molecule has 1 aliphatic heterocycles. The molecule has 1 N–H and O–H groups in total. The third kappa shape index (κ3) is 3.69. The number of para-hydroxylation sites is 1. The van der Waals surface area contributed by atoms with Crippen LogP contribution in [0.4, 0.5) is 21.5 Å². The molecule has 0 atom stereocenters. The van der Waals surface area contributed by atoms with E-state index in [1.807, 2.05) is 11.0 Å². The van der Waals surface area contributed by atoms with Gasteiger partial charge in [0.2, 0.25) is 0 Å². The first-order chi connectivity index (χ1) is 12.1. The average Bonchev–Trinajstić information content (AvgIpc) is 2.64. The van der Waals surface area contributed by atoms with Gasteiger partial charge in [0.05, 0.1) is 22.2 Å². The molecule has 1 fully saturated rings. The zero-order chi connectivity index (χ0) is 17.8. The minimum absolute atomic E-state index is 0.0560. The Kier molecular flexibility index (Phi) is 4.80. The van der Waals surface area contributed by atoms with Crippen LogP contribution in [0, 0.1) is 27.3 Å². The number of hydrogen-bond donors (Lipinski definition) is 1. The minimum Gasteiger partial charge on any atom is -0.380 e. The predicted molar refractivity (Wildman–Crippen MR) is 93.1 cm³/mol. The highest BCUT2D eigenvalue weighted by atomic mass is 19.1. The summed E-state index contributed by atoms with van der Waals surface area (Å²) in [5.41, 5.74) is 1.21. The van der Waals surface area contributed by atoms with Crippen molar-refractivity contribution in [2.45, 2.75) is 18.9 Å². The number of hydrogen-bond acceptors (Lipinski definition) is 5. The van der Waals surface area contributed by atoms with Crippen molar-refractivity contribution in [2.24, 2.45) is 0 Å². The molecule has 0 saturated carbocycles. The van der Waals surface area contributed by atoms with Crippen molar-refractivity contribution in [3.8, 4) is 6.07 Å². The molecule has 0 aromatic heterocycles. The normalized spacial score (nSPS) is 14.8. The van der Waals surface area contributed by atoms with E-state index in [0.29, 0.717) is 24.5 Å². The van der Waals surface area contributed by atoms with Gasteiger partial charge < -0.3 is 10.2 Å². The molecule has 0 unspecified atom stereocenters. The number of nitro benzene ring substituents is 1. The molecule has 1 saturated heterocycles. The van der Waals surface area contributed by atoms with Gasteiger partial charge in [0.1, 0.15) is 11.5 Å². The number of nitrogens with zero attached hydrogens (tertiary/aromatic N) is 3. The van der Waals surface area contributed by atoms with Crippen molar-refractivity contribution in [1.82, 2.24) is 0 Å². The second-order valence-corrected chi connectivity index (χ2v) is 5.96. The summed E-state index contributed by atoms with van der Waals surface area (Å²) in [5.74, 6) is -0.285. The Bertz CT molecular complexity index is 826. The van der Waals surface area contributed by atoms with E-state index in [9.17, 15) is 14.5 Å². The maximum absolute atomic E-state index is 13.7. The average molecular weight is 340 g/mol. The molecule has 25 heavy (non-hydrogen) atoms. The number of nitriles is 1. The van der Waals surface area contributed by atoms with E-state index in [2.05, 4.69) is 5.32 Å². The molecule has 0 bridgehead atoms. The van der Waals surface area contributed by atoms with Gasteiger partial charge in [-0.3, -0.25) is 10.1 Å². The van der Waals surface area contributed by atoms with Crippen molar-refractivity contribution in [2.75, 3.05) is 23.3 Å². The lowest BCUT2D eigenvalue weighted by molar-refractivity contribution is -0.384. The van der Waals surface area contributed by atoms with Gasteiger partial charge in [-0.15, -0.1) is 0 Å². The Morgan fingerprint density at radius 1 is 1.24 bits per heavy atom. The molecule has 2 aromatic rings. The fourth-order valence-electron chi connectivity index (χ4n) is 3.07. The molecule has 3 rings (SSSR count). The van der Waals surface area contributed by atoms with Gasteiger partial charge in [0, 0.05) is 25.2 Å². The highest BCUT2D eigenvalue weighted by molar-refractivity contribution is 5.66. The monoisotopic (exact) mass is 340 g/mol. The molecule has 128 valence electrons. The lowest BCUT2D eigenvalue weighted by atomic mass is 10.0. The molecule has 0 spiro atoms. The number of piperidine rings is 1. The molecule has 1 aliphatic rings. The highest BCUT2D eigenvalue weighted by Crippen LogP contribution is 2.31. The molecule has 0 radical (unpaired) electrons. The summed E-state index contributed by atoms with van der Waals surface area (Å²) in [6.45, 7) is 1.25. The van der Waals surface area contributed by atoms with Crippen LogP contribution >= 0.6 is 0 Å². The lowest BCUT2D eigenvalue weighted by Crippen LogP contribution is -2.39. The topological polar surface area (TPSA) is 82.2 Å². The Morgan fingerprint density at radius 2 is 1.96 bits per heavy atom. The van der Waals surface area contributed by atoms with E-state index < -0.39 is 4.92 Å². The Labute approximate surface area is 144 Å². The van der Waals surface area contributed by atoms with E-state index in [1.165, 1.54) is 12.1 Å². The largest absolute Gasteiger partial charge is 0.380 e. The Morgan fingerprint density at radius 3 is 2.60 bits per heavy atom. The predicted octanol–water partition coefficient (Wildman–Crippen LogP) is 3.69. The second-order valence-electron chi connectivity index (χ2n) is 5.96. The summed E-state index contributed by atoms with van der Waals surface area (Å²) in [4.78, 5) is 12.8. The van der Waals surface area contributed by atoms with Crippen LogP contribution in [0.25, 0.3) is 0 Å². The van der Waals surface area contributed by atoms with Gasteiger partial charge in [-0.1, -0.05) is 12.1 Å². The van der Waals surface area contributed by atoms with Crippen molar-refractivity contribution in [3.63, 3.8) is 0 Å². The highest BCUT2D eigenvalue weighted by Gasteiger charge is 2.25. The Balaban J connectivity index is 1.69. The fourth-order valence-corrected chi connectivity index (χ4v) is 3.07. The van der Waals surface area contributed by atoms with E-state index >= 15 is 0 Å². The van der Waals surface area contributed by atoms with Crippen LogP contribution < -0.4 is 10.2 Å². The third-order valence-electron chi connectivity index (χ3n) is 4.37. The number of nitro groups is 1. The van der Waals surface area contributed by atoms with Gasteiger partial charge in [0.25, 0.3) is 5.69 Å². The molecule has 0 amide bonds. The number of anilines is 2. The van der Waals surface area contributed by atoms with Crippen molar-refractivity contribution >= 4 is 17.1 Å². The fraction of sp³-hybridized carbons (Fsp3) is 0.278. The summed E-state index contributed by atoms with van der Waals surface area (Å²) in [6, 6.07) is 13.1. The molecule has 7 heteroatoms. The van der Waals surface area contributed by atoms with Crippen LogP contribution in [0.3, 0.4) is 0 Å². The van der Waals surface area contributed by atoms with E-state index in [1.54, 1.807) is 30.3 Å². The summed E-state index contributed by atoms with van der Waals surface area (Å²) in [6.07, 6.45) is 1.48. The van der Waals surface area contributed by atoms with Gasteiger partial charge >= 0.3 is 0 Å². The zero-order valence-electron chi connectivity index (χ0n) is 13.5. The van der Waals surface area contributed by atoms with Crippen LogP contribution in [0.2, 0.25) is 0 Å². The SMILES string of the molecule is N#Cc1ccc(N2CCC(Nc3ccccc3F)CC2)c([N+](=O)[O-])c1. The van der Waals surface area contributed by atoms with Crippen molar-refractivity contribution < 1.29 is 9.31 Å². The molecule has 6 nitrogen and oxygen atoms in total. The third-order valence-corrected chi connectivity index (χ3v) is 4.37. The summed E-state index contributed by atoms with van der Waals surface area (Å²) in [7, 11) is 0. The first-order valence-electron chi connectivity index (χ1n) is 8.03. The smallest absolute Gasteiger partial charge is 0.293 e. The van der Waals surface area contributed by atoms with Gasteiger partial charge in [-0.2, -0.15) is 5.26 Å². The molecule has 2 aromatic carbocycles. The standard InChI is InChI=1S/C18H17FN4O2/c19-15-3-1-2-4-16(15)21-14-7-9-22(10-8-14)17-6-5-13(12-20)11-18(17)23(24)25/h1-6,11,14,21H,7-10H2. The van der Waals surface area contributed by atoms with E-state index in [4.69, 9.17) is 5.26 Å². The first-order valence-corrected chi connectivity index (χ1v) is 8.03. The number of halogens is 1. The first kappa shape index (κ1) is 16.7. The van der Waals surface area contributed by atoms with Crippen LogP contribution in [-0.4, -0.2) is 24.1 Å². The van der Waals surface area contributed by atoms with Crippen LogP contribution in [0.5, 0.6) is 0 Å². The molecule has 0 aliphatic carbocycles. The van der Waals surface area contributed by atoms with Crippen LogP contribution in [-0.2, 0) is 0 Å². The van der Waals surface area contributed by atoms with E-state index in [0.717, 1.165) is 12.8 Å². The Hall–Kier alpha value is -3.14. The van der Waals surface area contributed by atoms with Gasteiger partial charge in [0.15, 0.2) is 0 Å². The summed E-state index contributed by atoms with van der Waals surface area (Å²) >= 11 is 0. The number of nitrogens with one attached hydrogen (secondary N) is 1. The van der Waals surface area contributed by atoms with Crippen LogP contribution in [0.15, 0.2) is 42.5 Å². The quantitative estimate of drug-likeness (QED) is 0.678. The minimum atomic E-state index is -0.458. The van der Waals surface area contributed by atoms with Crippen LogP contribution in [0.1, 0.15) is 18.4 Å². The maximum Gasteiger partial charge on any atom is 0.293 e. The summed E-state index contributed by atoms with van der Waals surface area (Å²) < 4.78 is 13.7. The second kappa shape index (κ2) is 7.18. The molecular weight excluding hydrogens is 323 g/mol. The van der Waals surface area contributed by atoms with Gasteiger partial charge in [-0.25, -0.2) is 4.39 Å². The summed E-state index contributed by atoms with van der Waals surface area (Å²) in [5, 5.41) is 23.4. The maximum atomic E-state index is 13.7. The molecule has 1 heterocycles. The number of rotatable bonds is 4. The van der Waals surface area contributed by atoms with Crippen molar-refractivity contribution in [1.29, 1.82) is 5.26 Å². The van der Waals surface area contributed by atoms with E-state index in [-0.39, 0.29) is 23.1 Å². The lowest BCUT2D eigenvalue weighted by Gasteiger charge is -2.34. The molecular formula is C18H17FN4O2.